The second kappa shape index (κ2) is 7.16. The molecule has 0 fully saturated rings. The molecule has 1 N–H and O–H groups in total. The molecule has 11 heteroatoms. The number of carbonyl (C=O) groups is 1. The number of rotatable bonds is 7. The third-order valence-electron chi connectivity index (χ3n) is 2.45. The molecule has 1 amide bonds. The number of amides is 1. The molecule has 0 atom stereocenters. The molecule has 0 radical (unpaired) electrons. The standard InChI is InChI=1S/C10H14ClN3O5S2/c1-3-4-12-8(15)6-13(2)21(18,19)9-5-7(14(16)17)10(11)20-9/h5H,3-4,6H2,1-2H3,(H,12,15). The van der Waals surface area contributed by atoms with Gasteiger partial charge in [-0.2, -0.15) is 4.31 Å². The molecule has 21 heavy (non-hydrogen) atoms. The lowest BCUT2D eigenvalue weighted by Crippen LogP contribution is -2.38. The normalized spacial score (nSPS) is 11.6. The van der Waals surface area contributed by atoms with Crippen LogP contribution in [0.15, 0.2) is 10.3 Å². The van der Waals surface area contributed by atoms with Crippen LogP contribution in [0.2, 0.25) is 4.34 Å². The van der Waals surface area contributed by atoms with E-state index in [2.05, 4.69) is 5.32 Å². The molecule has 0 saturated heterocycles. The summed E-state index contributed by atoms with van der Waals surface area (Å²) < 4.78 is 24.7. The van der Waals surface area contributed by atoms with Crippen LogP contribution < -0.4 is 5.32 Å². The number of hydrogen-bond acceptors (Lipinski definition) is 6. The fourth-order valence-electron chi connectivity index (χ4n) is 1.35. The average molecular weight is 356 g/mol. The average Bonchev–Trinajstić information content (AvgIpc) is 2.79. The van der Waals surface area contributed by atoms with E-state index in [4.69, 9.17) is 11.6 Å². The maximum atomic E-state index is 12.2. The first-order valence-corrected chi connectivity index (χ1v) is 8.50. The van der Waals surface area contributed by atoms with Gasteiger partial charge in [0.05, 0.1) is 11.5 Å². The fraction of sp³-hybridized carbons (Fsp3) is 0.500. The van der Waals surface area contributed by atoms with E-state index in [1.165, 1.54) is 7.05 Å². The number of sulfonamides is 1. The van der Waals surface area contributed by atoms with Crippen molar-refractivity contribution in [3.05, 3.63) is 20.5 Å². The SMILES string of the molecule is CCCNC(=O)CN(C)S(=O)(=O)c1cc([N+](=O)[O-])c(Cl)s1. The molecule has 118 valence electrons. The summed E-state index contributed by atoms with van der Waals surface area (Å²) in [4.78, 5) is 21.4. The van der Waals surface area contributed by atoms with Crippen molar-refractivity contribution in [2.24, 2.45) is 0 Å². The minimum absolute atomic E-state index is 0.220. The van der Waals surface area contributed by atoms with Crippen molar-refractivity contribution in [2.75, 3.05) is 20.1 Å². The van der Waals surface area contributed by atoms with Crippen molar-refractivity contribution in [3.8, 4) is 0 Å². The number of hydrogen-bond donors (Lipinski definition) is 1. The molecule has 0 aliphatic heterocycles. The lowest BCUT2D eigenvalue weighted by Gasteiger charge is -2.15. The van der Waals surface area contributed by atoms with E-state index in [1.807, 2.05) is 6.92 Å². The van der Waals surface area contributed by atoms with E-state index in [-0.39, 0.29) is 15.1 Å². The molecule has 1 aromatic rings. The van der Waals surface area contributed by atoms with Gasteiger partial charge in [0, 0.05) is 19.7 Å². The first kappa shape index (κ1) is 17.8. The highest BCUT2D eigenvalue weighted by molar-refractivity contribution is 7.91. The van der Waals surface area contributed by atoms with Crippen LogP contribution in [0.4, 0.5) is 5.69 Å². The van der Waals surface area contributed by atoms with Crippen molar-refractivity contribution in [1.29, 1.82) is 0 Å². The van der Waals surface area contributed by atoms with Crippen molar-refractivity contribution < 1.29 is 18.1 Å². The Morgan fingerprint density at radius 3 is 2.67 bits per heavy atom. The maximum absolute atomic E-state index is 12.2. The van der Waals surface area contributed by atoms with Gasteiger partial charge in [-0.05, 0) is 6.42 Å². The predicted molar refractivity (Wildman–Crippen MR) is 79.1 cm³/mol. The second-order valence-corrected chi connectivity index (χ2v) is 8.02. The molecular formula is C10H14ClN3O5S2. The number of halogens is 1. The van der Waals surface area contributed by atoms with Gasteiger partial charge in [-0.25, -0.2) is 8.42 Å². The number of thiophene rings is 1. The lowest BCUT2D eigenvalue weighted by atomic mass is 10.4. The van der Waals surface area contributed by atoms with Gasteiger partial charge in [0.15, 0.2) is 4.34 Å². The van der Waals surface area contributed by atoms with Crippen LogP contribution in [0.3, 0.4) is 0 Å². The van der Waals surface area contributed by atoms with E-state index in [0.717, 1.165) is 16.8 Å². The summed E-state index contributed by atoms with van der Waals surface area (Å²) in [7, 11) is -2.77. The number of nitrogens with zero attached hydrogens (tertiary/aromatic N) is 2. The Balaban J connectivity index is 2.92. The van der Waals surface area contributed by atoms with Crippen LogP contribution >= 0.6 is 22.9 Å². The van der Waals surface area contributed by atoms with Crippen molar-refractivity contribution in [3.63, 3.8) is 0 Å². The number of nitrogens with one attached hydrogen (secondary N) is 1. The van der Waals surface area contributed by atoms with Crippen molar-refractivity contribution in [1.82, 2.24) is 9.62 Å². The smallest absolute Gasteiger partial charge is 0.300 e. The Bertz CT molecular complexity index is 643. The van der Waals surface area contributed by atoms with Crippen LogP contribution in [-0.2, 0) is 14.8 Å². The number of nitro groups is 1. The molecule has 0 bridgehead atoms. The Labute approximate surface area is 130 Å². The Morgan fingerprint density at radius 1 is 1.57 bits per heavy atom. The van der Waals surface area contributed by atoms with E-state index in [1.54, 1.807) is 0 Å². The monoisotopic (exact) mass is 355 g/mol. The van der Waals surface area contributed by atoms with E-state index >= 15 is 0 Å². The van der Waals surface area contributed by atoms with Gasteiger partial charge in [-0.3, -0.25) is 14.9 Å². The van der Waals surface area contributed by atoms with Crippen LogP contribution in [0.25, 0.3) is 0 Å². The van der Waals surface area contributed by atoms with Gasteiger partial charge in [-0.15, -0.1) is 11.3 Å². The van der Waals surface area contributed by atoms with E-state index in [9.17, 15) is 23.3 Å². The topological polar surface area (TPSA) is 110 Å². The predicted octanol–water partition coefficient (Wildman–Crippen LogP) is 1.46. The highest BCUT2D eigenvalue weighted by Gasteiger charge is 2.29. The molecule has 0 aliphatic rings. The van der Waals surface area contributed by atoms with Gasteiger partial charge in [-0.1, -0.05) is 18.5 Å². The molecule has 0 unspecified atom stereocenters. The quantitative estimate of drug-likeness (QED) is 0.588. The molecular weight excluding hydrogens is 342 g/mol. The number of carbonyl (C=O) groups excluding carboxylic acids is 1. The molecule has 0 aromatic carbocycles. The zero-order chi connectivity index (χ0) is 16.2. The summed E-state index contributed by atoms with van der Waals surface area (Å²) in [5.74, 6) is -0.444. The zero-order valence-corrected chi connectivity index (χ0v) is 13.7. The minimum atomic E-state index is -3.99. The first-order chi connectivity index (χ1) is 9.70. The molecule has 8 nitrogen and oxygen atoms in total. The fourth-order valence-corrected chi connectivity index (χ4v) is 4.35. The molecule has 0 saturated carbocycles. The van der Waals surface area contributed by atoms with Crippen LogP contribution in [-0.4, -0.2) is 43.7 Å². The van der Waals surface area contributed by atoms with Crippen molar-refractivity contribution >= 4 is 44.6 Å². The Hall–Kier alpha value is -1.23. The number of likely N-dealkylation sites (N-methyl/N-ethyl adjacent to an activating group) is 1. The highest BCUT2D eigenvalue weighted by Crippen LogP contribution is 2.37. The van der Waals surface area contributed by atoms with Crippen LogP contribution in [0, 0.1) is 10.1 Å². The van der Waals surface area contributed by atoms with E-state index in [0.29, 0.717) is 17.9 Å². The highest BCUT2D eigenvalue weighted by atomic mass is 35.5. The van der Waals surface area contributed by atoms with Gasteiger partial charge >= 0.3 is 0 Å². The molecule has 0 spiro atoms. The van der Waals surface area contributed by atoms with Gasteiger partial charge in [0.1, 0.15) is 4.21 Å². The maximum Gasteiger partial charge on any atom is 0.300 e. The largest absolute Gasteiger partial charge is 0.355 e. The van der Waals surface area contributed by atoms with Gasteiger partial charge in [0.25, 0.3) is 15.7 Å². The summed E-state index contributed by atoms with van der Waals surface area (Å²) in [6.07, 6.45) is 0.731. The molecule has 1 rings (SSSR count). The van der Waals surface area contributed by atoms with Crippen molar-refractivity contribution in [2.45, 2.75) is 17.6 Å². The molecule has 1 aromatic heterocycles. The van der Waals surface area contributed by atoms with Crippen LogP contribution in [0.5, 0.6) is 0 Å². The lowest BCUT2D eigenvalue weighted by molar-refractivity contribution is -0.384. The molecule has 1 heterocycles. The van der Waals surface area contributed by atoms with Gasteiger partial charge < -0.3 is 5.32 Å². The summed E-state index contributed by atoms with van der Waals surface area (Å²) in [5.41, 5.74) is -0.468. The van der Waals surface area contributed by atoms with E-state index < -0.39 is 26.5 Å². The summed E-state index contributed by atoms with van der Waals surface area (Å²) >= 11 is 6.22. The van der Waals surface area contributed by atoms with Gasteiger partial charge in [0.2, 0.25) is 5.91 Å². The summed E-state index contributed by atoms with van der Waals surface area (Å²) in [6, 6.07) is 0.892. The summed E-state index contributed by atoms with van der Waals surface area (Å²) in [5, 5.41) is 13.2. The third-order valence-corrected chi connectivity index (χ3v) is 6.04. The Morgan fingerprint density at radius 2 is 2.19 bits per heavy atom. The minimum Gasteiger partial charge on any atom is -0.355 e. The first-order valence-electron chi connectivity index (χ1n) is 5.87. The third kappa shape index (κ3) is 4.37. The second-order valence-electron chi connectivity index (χ2n) is 4.09. The van der Waals surface area contributed by atoms with Crippen LogP contribution in [0.1, 0.15) is 13.3 Å². The summed E-state index contributed by atoms with van der Waals surface area (Å²) in [6.45, 7) is 1.95. The Kier molecular flexibility index (Phi) is 6.08. The molecule has 0 aliphatic carbocycles. The zero-order valence-electron chi connectivity index (χ0n) is 11.3.